The van der Waals surface area contributed by atoms with Gasteiger partial charge in [0.05, 0.1) is 11.4 Å². The summed E-state index contributed by atoms with van der Waals surface area (Å²) >= 11 is 0. The molecule has 0 heterocycles. The summed E-state index contributed by atoms with van der Waals surface area (Å²) in [5.41, 5.74) is 3.16. The summed E-state index contributed by atoms with van der Waals surface area (Å²) in [6, 6.07) is 4.72. The lowest BCUT2D eigenvalue weighted by Gasteiger charge is -2.34. The third-order valence-corrected chi connectivity index (χ3v) is 6.85. The summed E-state index contributed by atoms with van der Waals surface area (Å²) in [5.74, 6) is 0.326. The lowest BCUT2D eigenvalue weighted by atomic mass is 9.82. The molecule has 3 rings (SSSR count). The standard InChI is InChI=1S/C23H36FN3O2/c1-27(19-10-6-3-7-11-19)23(28)15-14-20(17-8-4-2-5-9-17)25-22-16-18(24)12-13-21(22)26-29/h12-13,16-17,19-20,25-26,29H,2-11,14-15H2,1H3. The monoisotopic (exact) mass is 405 g/mol. The fraction of sp³-hybridized carbons (Fsp3) is 0.696. The Kier molecular flexibility index (Phi) is 8.16. The van der Waals surface area contributed by atoms with Gasteiger partial charge in [-0.1, -0.05) is 38.5 Å². The molecule has 1 aromatic carbocycles. The third kappa shape index (κ3) is 6.08. The van der Waals surface area contributed by atoms with Crippen molar-refractivity contribution in [1.29, 1.82) is 0 Å². The molecule has 1 atom stereocenters. The predicted molar refractivity (Wildman–Crippen MR) is 115 cm³/mol. The Morgan fingerprint density at radius 3 is 2.41 bits per heavy atom. The minimum atomic E-state index is -0.345. The lowest BCUT2D eigenvalue weighted by Crippen LogP contribution is -2.39. The van der Waals surface area contributed by atoms with Crippen molar-refractivity contribution in [3.05, 3.63) is 24.0 Å². The summed E-state index contributed by atoms with van der Waals surface area (Å²) in [5, 5.41) is 12.8. The topological polar surface area (TPSA) is 64.6 Å². The largest absolute Gasteiger partial charge is 0.380 e. The van der Waals surface area contributed by atoms with Crippen molar-refractivity contribution in [3.8, 4) is 0 Å². The van der Waals surface area contributed by atoms with E-state index in [0.717, 1.165) is 32.1 Å². The van der Waals surface area contributed by atoms with E-state index < -0.39 is 0 Å². The molecule has 6 heteroatoms. The second kappa shape index (κ2) is 10.8. The van der Waals surface area contributed by atoms with E-state index in [1.807, 2.05) is 11.9 Å². The summed E-state index contributed by atoms with van der Waals surface area (Å²) in [4.78, 5) is 14.8. The van der Waals surface area contributed by atoms with Crippen LogP contribution in [-0.4, -0.2) is 35.1 Å². The van der Waals surface area contributed by atoms with Crippen molar-refractivity contribution >= 4 is 17.3 Å². The van der Waals surface area contributed by atoms with E-state index in [0.29, 0.717) is 29.8 Å². The van der Waals surface area contributed by atoms with Crippen LogP contribution in [0.1, 0.15) is 77.0 Å². The van der Waals surface area contributed by atoms with Gasteiger partial charge in [-0.2, -0.15) is 0 Å². The van der Waals surface area contributed by atoms with Crippen molar-refractivity contribution in [3.63, 3.8) is 0 Å². The summed E-state index contributed by atoms with van der Waals surface area (Å²) in [6.07, 6.45) is 13.1. The van der Waals surface area contributed by atoms with Crippen LogP contribution < -0.4 is 10.8 Å². The van der Waals surface area contributed by atoms with Gasteiger partial charge >= 0.3 is 0 Å². The molecule has 162 valence electrons. The van der Waals surface area contributed by atoms with Gasteiger partial charge < -0.3 is 10.2 Å². The molecule has 0 radical (unpaired) electrons. The number of carbonyl (C=O) groups is 1. The highest BCUT2D eigenvalue weighted by Crippen LogP contribution is 2.33. The highest BCUT2D eigenvalue weighted by Gasteiger charge is 2.27. The molecular formula is C23H36FN3O2. The fourth-order valence-corrected chi connectivity index (χ4v) is 5.02. The average molecular weight is 406 g/mol. The Morgan fingerprint density at radius 2 is 1.76 bits per heavy atom. The van der Waals surface area contributed by atoms with E-state index in [-0.39, 0.29) is 17.8 Å². The van der Waals surface area contributed by atoms with Gasteiger partial charge in [-0.3, -0.25) is 15.5 Å². The second-order valence-electron chi connectivity index (χ2n) is 8.79. The first-order valence-electron chi connectivity index (χ1n) is 11.3. The Morgan fingerprint density at radius 1 is 1.10 bits per heavy atom. The van der Waals surface area contributed by atoms with Crippen LogP contribution in [0.25, 0.3) is 0 Å². The number of nitrogens with one attached hydrogen (secondary N) is 2. The van der Waals surface area contributed by atoms with E-state index in [4.69, 9.17) is 0 Å². The van der Waals surface area contributed by atoms with Gasteiger partial charge in [0.2, 0.25) is 5.91 Å². The van der Waals surface area contributed by atoms with Crippen LogP contribution in [0.4, 0.5) is 15.8 Å². The Bertz CT molecular complexity index is 658. The van der Waals surface area contributed by atoms with Gasteiger partial charge in [-0.05, 0) is 56.2 Å². The van der Waals surface area contributed by atoms with Crippen LogP contribution in [0.15, 0.2) is 18.2 Å². The molecule has 2 aliphatic carbocycles. The van der Waals surface area contributed by atoms with Crippen LogP contribution in [0, 0.1) is 11.7 Å². The second-order valence-corrected chi connectivity index (χ2v) is 8.79. The number of hydrogen-bond donors (Lipinski definition) is 3. The van der Waals surface area contributed by atoms with Crippen LogP contribution in [0.5, 0.6) is 0 Å². The van der Waals surface area contributed by atoms with E-state index in [9.17, 15) is 14.4 Å². The highest BCUT2D eigenvalue weighted by molar-refractivity contribution is 5.76. The van der Waals surface area contributed by atoms with E-state index in [1.54, 1.807) is 0 Å². The first-order chi connectivity index (χ1) is 14.1. The van der Waals surface area contributed by atoms with Gasteiger partial charge in [-0.15, -0.1) is 0 Å². The highest BCUT2D eigenvalue weighted by atomic mass is 19.1. The Labute approximate surface area is 174 Å². The normalized spacial score (nSPS) is 19.6. The first kappa shape index (κ1) is 21.9. The zero-order chi connectivity index (χ0) is 20.6. The molecule has 2 aliphatic rings. The number of nitrogens with zero attached hydrogens (tertiary/aromatic N) is 1. The maximum Gasteiger partial charge on any atom is 0.222 e. The van der Waals surface area contributed by atoms with Crippen LogP contribution in [-0.2, 0) is 4.79 Å². The number of benzene rings is 1. The fourth-order valence-electron chi connectivity index (χ4n) is 5.02. The zero-order valence-electron chi connectivity index (χ0n) is 17.6. The lowest BCUT2D eigenvalue weighted by molar-refractivity contribution is -0.132. The number of anilines is 2. The SMILES string of the molecule is CN(C(=O)CCC(Nc1cc(F)ccc1NO)C1CCCCC1)C1CCCCC1. The molecule has 1 aromatic rings. The van der Waals surface area contributed by atoms with Gasteiger partial charge in [0.25, 0.3) is 0 Å². The molecule has 0 aromatic heterocycles. The Hall–Kier alpha value is -1.82. The van der Waals surface area contributed by atoms with Gasteiger partial charge in [-0.25, -0.2) is 4.39 Å². The van der Waals surface area contributed by atoms with Crippen LogP contribution in [0.2, 0.25) is 0 Å². The summed E-state index contributed by atoms with van der Waals surface area (Å²) in [7, 11) is 1.95. The number of halogens is 1. The van der Waals surface area contributed by atoms with Crippen molar-refractivity contribution in [2.24, 2.45) is 5.92 Å². The van der Waals surface area contributed by atoms with Gasteiger partial charge in [0, 0.05) is 25.6 Å². The molecule has 3 N–H and O–H groups in total. The van der Waals surface area contributed by atoms with Crippen molar-refractivity contribution in [1.82, 2.24) is 4.90 Å². The van der Waals surface area contributed by atoms with Crippen molar-refractivity contribution < 1.29 is 14.4 Å². The van der Waals surface area contributed by atoms with Crippen LogP contribution >= 0.6 is 0 Å². The average Bonchev–Trinajstić information content (AvgIpc) is 2.77. The molecule has 29 heavy (non-hydrogen) atoms. The maximum atomic E-state index is 13.8. The third-order valence-electron chi connectivity index (χ3n) is 6.85. The molecule has 0 bridgehead atoms. The minimum absolute atomic E-state index is 0.0907. The van der Waals surface area contributed by atoms with Gasteiger partial charge in [0.1, 0.15) is 5.82 Å². The van der Waals surface area contributed by atoms with E-state index >= 15 is 0 Å². The van der Waals surface area contributed by atoms with Crippen molar-refractivity contribution in [2.75, 3.05) is 17.8 Å². The predicted octanol–water partition coefficient (Wildman–Crippen LogP) is 5.56. The smallest absolute Gasteiger partial charge is 0.222 e. The molecule has 1 amide bonds. The number of hydrogen-bond acceptors (Lipinski definition) is 4. The molecule has 1 unspecified atom stereocenters. The molecule has 2 fully saturated rings. The van der Waals surface area contributed by atoms with E-state index in [1.165, 1.54) is 56.7 Å². The zero-order valence-corrected chi connectivity index (χ0v) is 17.6. The Balaban J connectivity index is 1.65. The molecule has 2 saturated carbocycles. The number of rotatable bonds is 8. The molecule has 0 saturated heterocycles. The quantitative estimate of drug-likeness (QED) is 0.496. The molecule has 0 spiro atoms. The number of amides is 1. The first-order valence-corrected chi connectivity index (χ1v) is 11.3. The summed E-state index contributed by atoms with van der Waals surface area (Å²) < 4.78 is 13.8. The minimum Gasteiger partial charge on any atom is -0.380 e. The molecule has 5 nitrogen and oxygen atoms in total. The summed E-state index contributed by atoms with van der Waals surface area (Å²) in [6.45, 7) is 0. The van der Waals surface area contributed by atoms with Crippen molar-refractivity contribution in [2.45, 2.75) is 89.1 Å². The maximum absolute atomic E-state index is 13.8. The number of carbonyl (C=O) groups excluding carboxylic acids is 1. The van der Waals surface area contributed by atoms with Crippen LogP contribution in [0.3, 0.4) is 0 Å². The van der Waals surface area contributed by atoms with Gasteiger partial charge in [0.15, 0.2) is 0 Å². The molecular weight excluding hydrogens is 369 g/mol. The molecule has 0 aliphatic heterocycles. The van der Waals surface area contributed by atoms with E-state index in [2.05, 4.69) is 10.8 Å².